The van der Waals surface area contributed by atoms with E-state index in [2.05, 4.69) is 20.9 Å². The third-order valence-corrected chi connectivity index (χ3v) is 5.09. The van der Waals surface area contributed by atoms with Gasteiger partial charge in [0, 0.05) is 38.2 Å². The Kier molecular flexibility index (Phi) is 6.29. The van der Waals surface area contributed by atoms with Crippen LogP contribution in [0.2, 0.25) is 0 Å². The molecule has 28 heavy (non-hydrogen) atoms. The van der Waals surface area contributed by atoms with Crippen LogP contribution in [0.4, 0.5) is 10.1 Å². The second-order valence-corrected chi connectivity index (χ2v) is 7.27. The quantitative estimate of drug-likeness (QED) is 0.509. The van der Waals surface area contributed by atoms with E-state index in [1.54, 1.807) is 19.2 Å². The van der Waals surface area contributed by atoms with Gasteiger partial charge in [0.25, 0.3) is 0 Å². The smallest absolute Gasteiger partial charge is 0.221 e. The van der Waals surface area contributed by atoms with Crippen LogP contribution >= 0.6 is 0 Å². The molecule has 3 N–H and O–H groups in total. The predicted molar refractivity (Wildman–Crippen MR) is 111 cm³/mol. The van der Waals surface area contributed by atoms with Crippen LogP contribution < -0.4 is 16.0 Å². The maximum absolute atomic E-state index is 13.5. The Hall–Kier alpha value is -2.89. The van der Waals surface area contributed by atoms with E-state index in [0.29, 0.717) is 0 Å². The fraction of sp³-hybridized carbons (Fsp3) is 0.364. The van der Waals surface area contributed by atoms with Crippen molar-refractivity contribution in [1.82, 2.24) is 10.6 Å². The van der Waals surface area contributed by atoms with E-state index in [1.165, 1.54) is 18.6 Å². The molecule has 5 nitrogen and oxygen atoms in total. The zero-order valence-corrected chi connectivity index (χ0v) is 16.4. The van der Waals surface area contributed by atoms with Crippen molar-refractivity contribution in [3.8, 4) is 0 Å². The van der Waals surface area contributed by atoms with Crippen molar-refractivity contribution in [1.29, 1.82) is 0 Å². The van der Waals surface area contributed by atoms with Crippen LogP contribution in [0.3, 0.4) is 0 Å². The summed E-state index contributed by atoms with van der Waals surface area (Å²) >= 11 is 0. The number of amides is 1. The highest BCUT2D eigenvalue weighted by Gasteiger charge is 2.44. The summed E-state index contributed by atoms with van der Waals surface area (Å²) in [5.74, 6) is 0.490. The van der Waals surface area contributed by atoms with Crippen molar-refractivity contribution < 1.29 is 9.18 Å². The number of hydrogen-bond acceptors (Lipinski definition) is 2. The van der Waals surface area contributed by atoms with Crippen molar-refractivity contribution in [3.63, 3.8) is 0 Å². The SMILES string of the molecule is CN=C(NCCc1ccc(NC(C)=O)cc1)NCC1(c2cccc(F)c2)CC1. The van der Waals surface area contributed by atoms with Gasteiger partial charge in [-0.3, -0.25) is 9.79 Å². The van der Waals surface area contributed by atoms with Crippen LogP contribution in [0.5, 0.6) is 0 Å². The lowest BCUT2D eigenvalue weighted by molar-refractivity contribution is -0.114. The summed E-state index contributed by atoms with van der Waals surface area (Å²) in [5, 5.41) is 9.46. The van der Waals surface area contributed by atoms with Crippen LogP contribution in [0, 0.1) is 5.82 Å². The number of carbonyl (C=O) groups excluding carboxylic acids is 1. The van der Waals surface area contributed by atoms with Gasteiger partial charge in [0.15, 0.2) is 5.96 Å². The lowest BCUT2D eigenvalue weighted by atomic mass is 9.96. The van der Waals surface area contributed by atoms with Gasteiger partial charge in [-0.15, -0.1) is 0 Å². The van der Waals surface area contributed by atoms with Crippen molar-refractivity contribution in [2.75, 3.05) is 25.5 Å². The summed E-state index contributed by atoms with van der Waals surface area (Å²) in [7, 11) is 1.75. The Morgan fingerprint density at radius 3 is 2.50 bits per heavy atom. The average molecular weight is 382 g/mol. The number of guanidine groups is 1. The number of nitrogens with zero attached hydrogens (tertiary/aromatic N) is 1. The normalized spacial score (nSPS) is 15.0. The van der Waals surface area contributed by atoms with Gasteiger partial charge < -0.3 is 16.0 Å². The molecule has 0 radical (unpaired) electrons. The number of anilines is 1. The molecule has 0 atom stereocenters. The van der Waals surface area contributed by atoms with Crippen LogP contribution in [0.15, 0.2) is 53.5 Å². The molecule has 1 amide bonds. The highest BCUT2D eigenvalue weighted by molar-refractivity contribution is 5.88. The third kappa shape index (κ3) is 5.31. The number of benzene rings is 2. The number of rotatable bonds is 7. The third-order valence-electron chi connectivity index (χ3n) is 5.09. The van der Waals surface area contributed by atoms with E-state index in [1.807, 2.05) is 30.3 Å². The summed E-state index contributed by atoms with van der Waals surface area (Å²) in [6.07, 6.45) is 2.96. The molecule has 0 aromatic heterocycles. The minimum absolute atomic E-state index is 0.0132. The minimum atomic E-state index is -0.184. The van der Waals surface area contributed by atoms with Crippen molar-refractivity contribution >= 4 is 17.6 Å². The number of hydrogen-bond donors (Lipinski definition) is 3. The molecular formula is C22H27FN4O. The Balaban J connectivity index is 1.46. The van der Waals surface area contributed by atoms with Crippen LogP contribution in [-0.2, 0) is 16.6 Å². The average Bonchev–Trinajstić information content (AvgIpc) is 3.47. The molecule has 2 aromatic rings. The summed E-state index contributed by atoms with van der Waals surface area (Å²) < 4.78 is 13.5. The molecule has 0 heterocycles. The Morgan fingerprint density at radius 1 is 1.14 bits per heavy atom. The predicted octanol–water partition coefficient (Wildman–Crippen LogP) is 3.22. The van der Waals surface area contributed by atoms with E-state index in [9.17, 15) is 9.18 Å². The number of carbonyl (C=O) groups is 1. The van der Waals surface area contributed by atoms with E-state index < -0.39 is 0 Å². The van der Waals surface area contributed by atoms with Crippen LogP contribution in [0.25, 0.3) is 0 Å². The Labute approximate surface area is 165 Å². The largest absolute Gasteiger partial charge is 0.356 e. The maximum atomic E-state index is 13.5. The van der Waals surface area contributed by atoms with E-state index in [4.69, 9.17) is 0 Å². The summed E-state index contributed by atoms with van der Waals surface area (Å²) in [5.41, 5.74) is 3.04. The van der Waals surface area contributed by atoms with Gasteiger partial charge in [-0.1, -0.05) is 24.3 Å². The van der Waals surface area contributed by atoms with Crippen molar-refractivity contribution in [2.45, 2.75) is 31.6 Å². The second-order valence-electron chi connectivity index (χ2n) is 7.27. The minimum Gasteiger partial charge on any atom is -0.356 e. The molecule has 1 fully saturated rings. The molecule has 2 aromatic carbocycles. The van der Waals surface area contributed by atoms with Crippen LogP contribution in [0.1, 0.15) is 30.9 Å². The highest BCUT2D eigenvalue weighted by Crippen LogP contribution is 2.47. The molecule has 0 aliphatic heterocycles. The van der Waals surface area contributed by atoms with Gasteiger partial charge in [-0.25, -0.2) is 4.39 Å². The molecule has 1 aliphatic carbocycles. The highest BCUT2D eigenvalue weighted by atomic mass is 19.1. The van der Waals surface area contributed by atoms with E-state index in [0.717, 1.165) is 49.6 Å². The lowest BCUT2D eigenvalue weighted by Crippen LogP contribution is -2.42. The van der Waals surface area contributed by atoms with Gasteiger partial charge in [-0.2, -0.15) is 0 Å². The van der Waals surface area contributed by atoms with Gasteiger partial charge in [0.2, 0.25) is 5.91 Å². The Morgan fingerprint density at radius 2 is 1.89 bits per heavy atom. The van der Waals surface area contributed by atoms with Crippen molar-refractivity contribution in [2.24, 2.45) is 4.99 Å². The lowest BCUT2D eigenvalue weighted by Gasteiger charge is -2.19. The van der Waals surface area contributed by atoms with Gasteiger partial charge in [-0.05, 0) is 54.7 Å². The number of halogens is 1. The zero-order valence-electron chi connectivity index (χ0n) is 16.4. The molecule has 0 unspecified atom stereocenters. The first kappa shape index (κ1) is 19.9. The molecular weight excluding hydrogens is 355 g/mol. The molecule has 6 heteroatoms. The van der Waals surface area contributed by atoms with Gasteiger partial charge in [0.05, 0.1) is 0 Å². The number of aliphatic imine (C=N–C) groups is 1. The van der Waals surface area contributed by atoms with Gasteiger partial charge in [0.1, 0.15) is 5.82 Å². The fourth-order valence-electron chi connectivity index (χ4n) is 3.29. The first-order chi connectivity index (χ1) is 13.5. The van der Waals surface area contributed by atoms with Crippen LogP contribution in [-0.4, -0.2) is 32.0 Å². The number of nitrogens with one attached hydrogen (secondary N) is 3. The summed E-state index contributed by atoms with van der Waals surface area (Å²) in [6.45, 7) is 2.98. The second kappa shape index (κ2) is 8.87. The van der Waals surface area contributed by atoms with Gasteiger partial charge >= 0.3 is 0 Å². The van der Waals surface area contributed by atoms with Crippen molar-refractivity contribution in [3.05, 3.63) is 65.5 Å². The fourth-order valence-corrected chi connectivity index (χ4v) is 3.29. The monoisotopic (exact) mass is 382 g/mol. The standard InChI is InChI=1S/C22H27FN4O/c1-16(28)27-20-8-6-17(7-9-20)10-13-25-21(24-2)26-15-22(11-12-22)18-4-3-5-19(23)14-18/h3-9,14H,10-13,15H2,1-2H3,(H,27,28)(H2,24,25,26). The topological polar surface area (TPSA) is 65.5 Å². The molecule has 0 spiro atoms. The van der Waals surface area contributed by atoms with E-state index in [-0.39, 0.29) is 17.1 Å². The Bertz CT molecular complexity index is 844. The first-order valence-electron chi connectivity index (χ1n) is 9.58. The molecule has 1 saturated carbocycles. The summed E-state index contributed by atoms with van der Waals surface area (Å²) in [4.78, 5) is 15.3. The first-order valence-corrected chi connectivity index (χ1v) is 9.58. The molecule has 1 aliphatic rings. The molecule has 0 bridgehead atoms. The molecule has 0 saturated heterocycles. The van der Waals surface area contributed by atoms with E-state index >= 15 is 0 Å². The summed E-state index contributed by atoms with van der Waals surface area (Å²) in [6, 6.07) is 14.7. The molecule has 3 rings (SSSR count). The molecule has 148 valence electrons. The zero-order chi connectivity index (χ0) is 20.0. The maximum Gasteiger partial charge on any atom is 0.221 e.